The van der Waals surface area contributed by atoms with Gasteiger partial charge in [-0.1, -0.05) is 0 Å². The Balaban J connectivity index is 1.82. The van der Waals surface area contributed by atoms with Crippen LogP contribution in [0.25, 0.3) is 11.3 Å². The van der Waals surface area contributed by atoms with Crippen LogP contribution in [0.5, 0.6) is 0 Å². The molecule has 2 heterocycles. The third-order valence-corrected chi connectivity index (χ3v) is 4.63. The lowest BCUT2D eigenvalue weighted by Gasteiger charge is -2.32. The predicted octanol–water partition coefficient (Wildman–Crippen LogP) is 3.69. The smallest absolute Gasteiger partial charge is 0.409 e. The molecule has 0 N–H and O–H groups in total. The van der Waals surface area contributed by atoms with E-state index in [9.17, 15) is 14.0 Å². The minimum atomic E-state index is -0.330. The van der Waals surface area contributed by atoms with Gasteiger partial charge in [-0.15, -0.1) is 0 Å². The van der Waals surface area contributed by atoms with Crippen LogP contribution in [-0.4, -0.2) is 46.0 Å². The van der Waals surface area contributed by atoms with Gasteiger partial charge in [-0.2, -0.15) is 0 Å². The zero-order valence-electron chi connectivity index (χ0n) is 14.9. The minimum Gasteiger partial charge on any atom is -0.450 e. The Kier molecular flexibility index (Phi) is 5.35. The Bertz CT molecular complexity index is 793. The molecule has 1 aromatic carbocycles. The number of benzene rings is 1. The van der Waals surface area contributed by atoms with Crippen LogP contribution in [0.1, 0.15) is 43.2 Å². The molecule has 0 aliphatic carbocycles. The van der Waals surface area contributed by atoms with Crippen LogP contribution in [0, 0.1) is 5.82 Å². The highest BCUT2D eigenvalue weighted by Gasteiger charge is 2.28. The highest BCUT2D eigenvalue weighted by atomic mass is 19.1. The lowest BCUT2D eigenvalue weighted by Crippen LogP contribution is -2.39. The summed E-state index contributed by atoms with van der Waals surface area (Å²) in [6.07, 6.45) is 2.81. The third-order valence-electron chi connectivity index (χ3n) is 4.63. The molecule has 0 radical (unpaired) electrons. The van der Waals surface area contributed by atoms with Gasteiger partial charge >= 0.3 is 6.09 Å². The van der Waals surface area contributed by atoms with Crippen molar-refractivity contribution in [2.24, 2.45) is 0 Å². The molecule has 1 aromatic heterocycles. The molecule has 0 bridgehead atoms. The number of imidazole rings is 1. The summed E-state index contributed by atoms with van der Waals surface area (Å²) in [4.78, 5) is 30.2. The fourth-order valence-electron chi connectivity index (χ4n) is 3.35. The second-order valence-electron chi connectivity index (χ2n) is 6.33. The number of amides is 1. The molecular formula is C19H22FN3O3. The summed E-state index contributed by atoms with van der Waals surface area (Å²) in [5.74, 6) is -0.418. The standard InChI is InChI=1S/C19H22FN3O3/c1-3-26-19(25)22-10-8-16(9-11-22)23-12-21-17(18(23)13(2)24)14-4-6-15(20)7-5-14/h4-7,12,16H,3,8-11H2,1-2H3. The van der Waals surface area contributed by atoms with Crippen LogP contribution in [-0.2, 0) is 4.74 Å². The molecule has 0 spiro atoms. The van der Waals surface area contributed by atoms with E-state index in [0.29, 0.717) is 36.6 Å². The second kappa shape index (κ2) is 7.68. The molecule has 1 fully saturated rings. The molecule has 0 atom stereocenters. The molecule has 7 heteroatoms. The van der Waals surface area contributed by atoms with Gasteiger partial charge in [0.2, 0.25) is 0 Å². The molecule has 138 valence electrons. The van der Waals surface area contributed by atoms with Crippen molar-refractivity contribution in [1.29, 1.82) is 0 Å². The van der Waals surface area contributed by atoms with E-state index in [1.54, 1.807) is 30.3 Å². The number of Topliss-reactive ketones (excluding diaryl/α,β-unsaturated/α-hetero) is 1. The number of ether oxygens (including phenoxy) is 1. The van der Waals surface area contributed by atoms with Crippen molar-refractivity contribution in [1.82, 2.24) is 14.5 Å². The van der Waals surface area contributed by atoms with Gasteiger partial charge in [0.1, 0.15) is 11.5 Å². The third kappa shape index (κ3) is 3.61. The largest absolute Gasteiger partial charge is 0.450 e. The summed E-state index contributed by atoms with van der Waals surface area (Å²) < 4.78 is 20.1. The summed E-state index contributed by atoms with van der Waals surface area (Å²) in [5.41, 5.74) is 1.79. The molecular weight excluding hydrogens is 337 g/mol. The first-order valence-electron chi connectivity index (χ1n) is 8.76. The Morgan fingerprint density at radius 3 is 2.46 bits per heavy atom. The molecule has 26 heavy (non-hydrogen) atoms. The van der Waals surface area contributed by atoms with E-state index in [-0.39, 0.29) is 23.7 Å². The number of piperidine rings is 1. The first kappa shape index (κ1) is 18.1. The van der Waals surface area contributed by atoms with Gasteiger partial charge in [0.05, 0.1) is 18.6 Å². The second-order valence-corrected chi connectivity index (χ2v) is 6.33. The zero-order chi connectivity index (χ0) is 18.7. The van der Waals surface area contributed by atoms with E-state index < -0.39 is 0 Å². The average molecular weight is 359 g/mol. The van der Waals surface area contributed by atoms with E-state index in [0.717, 1.165) is 12.8 Å². The first-order chi connectivity index (χ1) is 12.5. The molecule has 0 saturated carbocycles. The van der Waals surface area contributed by atoms with E-state index >= 15 is 0 Å². The van der Waals surface area contributed by atoms with Gasteiger partial charge in [-0.05, 0) is 44.0 Å². The first-order valence-corrected chi connectivity index (χ1v) is 8.76. The van der Waals surface area contributed by atoms with Crippen molar-refractivity contribution in [3.63, 3.8) is 0 Å². The van der Waals surface area contributed by atoms with E-state index in [1.165, 1.54) is 19.1 Å². The lowest BCUT2D eigenvalue weighted by atomic mass is 10.0. The fraction of sp³-hybridized carbons (Fsp3) is 0.421. The predicted molar refractivity (Wildman–Crippen MR) is 94.5 cm³/mol. The number of likely N-dealkylation sites (tertiary alicyclic amines) is 1. The number of aromatic nitrogens is 2. The molecule has 6 nitrogen and oxygen atoms in total. The van der Waals surface area contributed by atoms with Gasteiger partial charge in [-0.3, -0.25) is 4.79 Å². The Hall–Kier alpha value is -2.70. The Morgan fingerprint density at radius 1 is 1.23 bits per heavy atom. The van der Waals surface area contributed by atoms with Gasteiger partial charge in [0.25, 0.3) is 0 Å². The van der Waals surface area contributed by atoms with Gasteiger partial charge in [0.15, 0.2) is 5.78 Å². The van der Waals surface area contributed by atoms with Crippen molar-refractivity contribution in [3.8, 4) is 11.3 Å². The summed E-state index contributed by atoms with van der Waals surface area (Å²) in [6.45, 7) is 4.80. The van der Waals surface area contributed by atoms with Crippen molar-refractivity contribution in [3.05, 3.63) is 42.1 Å². The van der Waals surface area contributed by atoms with Gasteiger partial charge in [0, 0.05) is 31.6 Å². The summed E-state index contributed by atoms with van der Waals surface area (Å²) >= 11 is 0. The van der Waals surface area contributed by atoms with Crippen LogP contribution < -0.4 is 0 Å². The maximum atomic E-state index is 13.2. The van der Waals surface area contributed by atoms with Crippen molar-refractivity contribution >= 4 is 11.9 Å². The van der Waals surface area contributed by atoms with E-state index in [1.807, 2.05) is 4.57 Å². The quantitative estimate of drug-likeness (QED) is 0.781. The normalized spacial score (nSPS) is 15.1. The average Bonchev–Trinajstić information content (AvgIpc) is 3.08. The number of carbonyl (C=O) groups excluding carboxylic acids is 2. The number of carbonyl (C=O) groups is 2. The van der Waals surface area contributed by atoms with Gasteiger partial charge < -0.3 is 14.2 Å². The monoisotopic (exact) mass is 359 g/mol. The maximum Gasteiger partial charge on any atom is 0.409 e. The van der Waals surface area contributed by atoms with Crippen LogP contribution in [0.15, 0.2) is 30.6 Å². The van der Waals surface area contributed by atoms with Crippen molar-refractivity contribution < 1.29 is 18.7 Å². The number of hydrogen-bond acceptors (Lipinski definition) is 4. The Morgan fingerprint density at radius 2 is 1.88 bits per heavy atom. The van der Waals surface area contributed by atoms with E-state index in [4.69, 9.17) is 4.74 Å². The number of halogens is 1. The molecule has 0 unspecified atom stereocenters. The minimum absolute atomic E-state index is 0.0845. The maximum absolute atomic E-state index is 13.2. The molecule has 3 rings (SSSR count). The van der Waals surface area contributed by atoms with Gasteiger partial charge in [-0.25, -0.2) is 14.2 Å². The van der Waals surface area contributed by atoms with E-state index in [2.05, 4.69) is 4.98 Å². The summed E-state index contributed by atoms with van der Waals surface area (Å²) in [5, 5.41) is 0. The number of nitrogens with zero attached hydrogens (tertiary/aromatic N) is 3. The lowest BCUT2D eigenvalue weighted by molar-refractivity contribution is 0.0906. The Labute approximate surface area is 151 Å². The van der Waals surface area contributed by atoms with Crippen LogP contribution >= 0.6 is 0 Å². The molecule has 2 aromatic rings. The van der Waals surface area contributed by atoms with Crippen LogP contribution in [0.2, 0.25) is 0 Å². The highest BCUT2D eigenvalue weighted by Crippen LogP contribution is 2.30. The SMILES string of the molecule is CCOC(=O)N1CCC(n2cnc(-c3ccc(F)cc3)c2C(C)=O)CC1. The van der Waals surface area contributed by atoms with Crippen LogP contribution in [0.3, 0.4) is 0 Å². The molecule has 1 amide bonds. The summed E-state index contributed by atoms with van der Waals surface area (Å²) in [6, 6.07) is 6.04. The van der Waals surface area contributed by atoms with Crippen LogP contribution in [0.4, 0.5) is 9.18 Å². The molecule has 1 saturated heterocycles. The number of hydrogen-bond donors (Lipinski definition) is 0. The summed E-state index contributed by atoms with van der Waals surface area (Å²) in [7, 11) is 0. The number of ketones is 1. The van der Waals surface area contributed by atoms with Crippen molar-refractivity contribution in [2.45, 2.75) is 32.7 Å². The van der Waals surface area contributed by atoms with Crippen molar-refractivity contribution in [2.75, 3.05) is 19.7 Å². The molecule has 1 aliphatic rings. The topological polar surface area (TPSA) is 64.4 Å². The highest BCUT2D eigenvalue weighted by molar-refractivity contribution is 5.98. The molecule has 1 aliphatic heterocycles. The fourth-order valence-corrected chi connectivity index (χ4v) is 3.35. The number of rotatable bonds is 4. The zero-order valence-corrected chi connectivity index (χ0v) is 14.9.